The van der Waals surface area contributed by atoms with Crippen LogP contribution < -0.4 is 0 Å². The van der Waals surface area contributed by atoms with Crippen molar-refractivity contribution < 1.29 is 18.3 Å². The first-order chi connectivity index (χ1) is 8.93. The second-order valence-electron chi connectivity index (χ2n) is 3.83. The number of hydrogen-bond acceptors (Lipinski definition) is 2. The van der Waals surface area contributed by atoms with Gasteiger partial charge in [-0.15, -0.1) is 0 Å². The van der Waals surface area contributed by atoms with Crippen LogP contribution in [0.3, 0.4) is 0 Å². The molecule has 0 saturated carbocycles. The number of rotatable bonds is 2. The highest BCUT2D eigenvalue weighted by Crippen LogP contribution is 2.36. The van der Waals surface area contributed by atoms with Crippen LogP contribution in [0.15, 0.2) is 36.4 Å². The SMILES string of the molecule is OCc1nc(-c2ccccc2C(F)(F)F)ccc1Cl. The Morgan fingerprint density at radius 3 is 2.42 bits per heavy atom. The monoisotopic (exact) mass is 287 g/mol. The Labute approximate surface area is 112 Å². The van der Waals surface area contributed by atoms with Crippen molar-refractivity contribution in [2.75, 3.05) is 0 Å². The molecule has 2 aromatic rings. The molecule has 100 valence electrons. The standard InChI is InChI=1S/C13H9ClF3NO/c14-10-5-6-11(18-12(10)7-19)8-3-1-2-4-9(8)13(15,16)17/h1-6,19H,7H2. The molecule has 1 heterocycles. The highest BCUT2D eigenvalue weighted by molar-refractivity contribution is 6.31. The number of nitrogens with zero attached hydrogens (tertiary/aromatic N) is 1. The predicted molar refractivity (Wildman–Crippen MR) is 65.6 cm³/mol. The van der Waals surface area contributed by atoms with E-state index < -0.39 is 18.3 Å². The minimum Gasteiger partial charge on any atom is -0.390 e. The molecule has 0 radical (unpaired) electrons. The van der Waals surface area contributed by atoms with Gasteiger partial charge in [0, 0.05) is 5.56 Å². The van der Waals surface area contributed by atoms with Gasteiger partial charge in [0.15, 0.2) is 0 Å². The smallest absolute Gasteiger partial charge is 0.390 e. The lowest BCUT2D eigenvalue weighted by molar-refractivity contribution is -0.137. The van der Waals surface area contributed by atoms with Gasteiger partial charge in [-0.25, -0.2) is 4.98 Å². The van der Waals surface area contributed by atoms with Gasteiger partial charge >= 0.3 is 6.18 Å². The molecule has 0 fully saturated rings. The summed E-state index contributed by atoms with van der Waals surface area (Å²) in [5.41, 5.74) is -0.535. The lowest BCUT2D eigenvalue weighted by atomic mass is 10.0. The molecule has 19 heavy (non-hydrogen) atoms. The first-order valence-corrected chi connectivity index (χ1v) is 5.74. The molecule has 2 rings (SSSR count). The molecule has 2 nitrogen and oxygen atoms in total. The summed E-state index contributed by atoms with van der Waals surface area (Å²) >= 11 is 5.77. The summed E-state index contributed by atoms with van der Waals surface area (Å²) in [6, 6.07) is 7.95. The maximum absolute atomic E-state index is 12.9. The van der Waals surface area contributed by atoms with Crippen molar-refractivity contribution in [1.82, 2.24) is 4.98 Å². The number of benzene rings is 1. The van der Waals surface area contributed by atoms with Crippen molar-refractivity contribution >= 4 is 11.6 Å². The van der Waals surface area contributed by atoms with Gasteiger partial charge in [0.05, 0.1) is 28.6 Å². The zero-order valence-electron chi connectivity index (χ0n) is 9.58. The zero-order valence-corrected chi connectivity index (χ0v) is 10.3. The van der Waals surface area contributed by atoms with Crippen LogP contribution in [0.25, 0.3) is 11.3 Å². The van der Waals surface area contributed by atoms with Gasteiger partial charge in [-0.1, -0.05) is 29.8 Å². The van der Waals surface area contributed by atoms with E-state index in [2.05, 4.69) is 4.98 Å². The number of pyridine rings is 1. The van der Waals surface area contributed by atoms with Crippen LogP contribution in [-0.4, -0.2) is 10.1 Å². The molecule has 0 unspecified atom stereocenters. The molecule has 1 aromatic heterocycles. The van der Waals surface area contributed by atoms with Crippen LogP contribution >= 0.6 is 11.6 Å². The largest absolute Gasteiger partial charge is 0.417 e. The molecule has 0 aliphatic rings. The van der Waals surface area contributed by atoms with Gasteiger partial charge in [-0.2, -0.15) is 13.2 Å². The molecule has 0 saturated heterocycles. The third kappa shape index (κ3) is 2.88. The van der Waals surface area contributed by atoms with Crippen LogP contribution in [0.4, 0.5) is 13.2 Å². The van der Waals surface area contributed by atoms with E-state index in [0.29, 0.717) is 0 Å². The number of aromatic nitrogens is 1. The van der Waals surface area contributed by atoms with Crippen LogP contribution in [-0.2, 0) is 12.8 Å². The predicted octanol–water partition coefficient (Wildman–Crippen LogP) is 3.91. The van der Waals surface area contributed by atoms with Gasteiger partial charge in [-0.05, 0) is 18.2 Å². The second-order valence-corrected chi connectivity index (χ2v) is 4.23. The quantitative estimate of drug-likeness (QED) is 0.908. The fraction of sp³-hybridized carbons (Fsp3) is 0.154. The van der Waals surface area contributed by atoms with Gasteiger partial charge in [0.1, 0.15) is 0 Å². The van der Waals surface area contributed by atoms with E-state index in [-0.39, 0.29) is 22.0 Å². The summed E-state index contributed by atoms with van der Waals surface area (Å²) in [4.78, 5) is 3.95. The summed E-state index contributed by atoms with van der Waals surface area (Å²) in [6.45, 7) is -0.430. The Morgan fingerprint density at radius 1 is 1.11 bits per heavy atom. The molecule has 0 bridgehead atoms. The van der Waals surface area contributed by atoms with Crippen molar-refractivity contribution in [3.8, 4) is 11.3 Å². The number of alkyl halides is 3. The van der Waals surface area contributed by atoms with Crippen LogP contribution in [0.2, 0.25) is 5.02 Å². The molecular formula is C13H9ClF3NO. The molecule has 0 spiro atoms. The third-order valence-corrected chi connectivity index (χ3v) is 2.92. The Morgan fingerprint density at radius 2 is 1.79 bits per heavy atom. The van der Waals surface area contributed by atoms with Crippen molar-refractivity contribution in [1.29, 1.82) is 0 Å². The van der Waals surface area contributed by atoms with Gasteiger partial charge in [-0.3, -0.25) is 0 Å². The van der Waals surface area contributed by atoms with E-state index in [1.807, 2.05) is 0 Å². The summed E-state index contributed by atoms with van der Waals surface area (Å²) in [5, 5.41) is 9.27. The topological polar surface area (TPSA) is 33.1 Å². The molecule has 6 heteroatoms. The van der Waals surface area contributed by atoms with Crippen molar-refractivity contribution in [2.45, 2.75) is 12.8 Å². The number of halogens is 4. The third-order valence-electron chi connectivity index (χ3n) is 2.58. The molecule has 1 N–H and O–H groups in total. The van der Waals surface area contributed by atoms with Crippen LogP contribution in [0.1, 0.15) is 11.3 Å². The molecule has 0 atom stereocenters. The van der Waals surface area contributed by atoms with E-state index in [4.69, 9.17) is 16.7 Å². The summed E-state index contributed by atoms with van der Waals surface area (Å²) in [5.74, 6) is 0. The maximum atomic E-state index is 12.9. The minimum absolute atomic E-state index is 0.0404. The molecule has 0 aliphatic heterocycles. The molecule has 0 amide bonds. The summed E-state index contributed by atoms with van der Waals surface area (Å²) in [7, 11) is 0. The number of aliphatic hydroxyl groups excluding tert-OH is 1. The van der Waals surface area contributed by atoms with Crippen molar-refractivity contribution in [3.05, 3.63) is 52.7 Å². The lowest BCUT2D eigenvalue weighted by Gasteiger charge is -2.13. The zero-order chi connectivity index (χ0) is 14.0. The summed E-state index contributed by atoms with van der Waals surface area (Å²) < 4.78 is 38.7. The number of aliphatic hydroxyl groups is 1. The molecule has 1 aromatic carbocycles. The Hall–Kier alpha value is -1.59. The highest BCUT2D eigenvalue weighted by atomic mass is 35.5. The minimum atomic E-state index is -4.46. The van der Waals surface area contributed by atoms with Gasteiger partial charge in [0.25, 0.3) is 0 Å². The lowest BCUT2D eigenvalue weighted by Crippen LogP contribution is -2.07. The first-order valence-electron chi connectivity index (χ1n) is 5.36. The van der Waals surface area contributed by atoms with Crippen LogP contribution in [0, 0.1) is 0 Å². The number of hydrogen-bond donors (Lipinski definition) is 1. The van der Waals surface area contributed by atoms with Gasteiger partial charge < -0.3 is 5.11 Å². The van der Waals surface area contributed by atoms with E-state index >= 15 is 0 Å². The Balaban J connectivity index is 2.59. The molecular weight excluding hydrogens is 279 g/mol. The summed E-state index contributed by atoms with van der Waals surface area (Å²) in [6.07, 6.45) is -4.46. The fourth-order valence-corrected chi connectivity index (χ4v) is 1.86. The Kier molecular flexibility index (Phi) is 3.78. The van der Waals surface area contributed by atoms with Crippen molar-refractivity contribution in [2.24, 2.45) is 0 Å². The average Bonchev–Trinajstić information content (AvgIpc) is 2.38. The molecule has 0 aliphatic carbocycles. The second kappa shape index (κ2) is 5.19. The normalized spacial score (nSPS) is 11.6. The van der Waals surface area contributed by atoms with E-state index in [0.717, 1.165) is 6.07 Å². The first kappa shape index (κ1) is 13.8. The van der Waals surface area contributed by atoms with Crippen LogP contribution in [0.5, 0.6) is 0 Å². The average molecular weight is 288 g/mol. The van der Waals surface area contributed by atoms with Crippen molar-refractivity contribution in [3.63, 3.8) is 0 Å². The fourth-order valence-electron chi connectivity index (χ4n) is 1.70. The highest BCUT2D eigenvalue weighted by Gasteiger charge is 2.33. The van der Waals surface area contributed by atoms with E-state index in [1.54, 1.807) is 0 Å². The van der Waals surface area contributed by atoms with Gasteiger partial charge in [0.2, 0.25) is 0 Å². The maximum Gasteiger partial charge on any atom is 0.417 e. The van der Waals surface area contributed by atoms with E-state index in [1.165, 1.54) is 30.3 Å². The van der Waals surface area contributed by atoms with E-state index in [9.17, 15) is 13.2 Å². The Bertz CT molecular complexity index is 599.